The van der Waals surface area contributed by atoms with Crippen molar-refractivity contribution in [1.82, 2.24) is 14.2 Å². The standard InChI is InChI=1S/C28H35N3O6S/c1-20-17-31(21(2)19-32)38(35,36)26-7-6-22(8-13-28(34)11-4-5-12-28)16-24(26)37-25(20)18-30(3)27(33)23-9-14-29-15-10-23/h6-7,9-10,14-16,20-21,25,32,34H,4-5,11-12,17-19H2,1-3H3/t20-,21+,25-/m0/s1. The molecular formula is C28H35N3O6S. The third-order valence-electron chi connectivity index (χ3n) is 7.27. The second kappa shape index (κ2) is 11.4. The lowest BCUT2D eigenvalue weighted by molar-refractivity contribution is 0.0563. The molecule has 4 rings (SSSR count). The Balaban J connectivity index is 1.71. The van der Waals surface area contributed by atoms with E-state index in [1.807, 2.05) is 6.92 Å². The van der Waals surface area contributed by atoms with Gasteiger partial charge in [-0.3, -0.25) is 9.78 Å². The van der Waals surface area contributed by atoms with Gasteiger partial charge in [0.05, 0.1) is 13.2 Å². The van der Waals surface area contributed by atoms with Gasteiger partial charge in [0.25, 0.3) is 5.91 Å². The Labute approximate surface area is 224 Å². The van der Waals surface area contributed by atoms with Crippen molar-refractivity contribution in [2.24, 2.45) is 5.92 Å². The van der Waals surface area contributed by atoms with Crippen LogP contribution in [0.1, 0.15) is 55.5 Å². The van der Waals surface area contributed by atoms with Crippen molar-refractivity contribution in [3.8, 4) is 17.6 Å². The summed E-state index contributed by atoms with van der Waals surface area (Å²) in [6.07, 6.45) is 5.62. The van der Waals surface area contributed by atoms with Gasteiger partial charge in [-0.25, -0.2) is 8.42 Å². The Morgan fingerprint density at radius 3 is 2.61 bits per heavy atom. The van der Waals surface area contributed by atoms with Crippen molar-refractivity contribution in [3.63, 3.8) is 0 Å². The lowest BCUT2D eigenvalue weighted by atomic mass is 10.0. The third kappa shape index (κ3) is 6.02. The SMILES string of the molecule is C[C@H](CO)N1C[C@H](C)[C@H](CN(C)C(=O)c2ccncc2)Oc2cc(C#CC3(O)CCCC3)ccc2S1(=O)=O. The molecule has 0 saturated heterocycles. The number of rotatable bonds is 5. The van der Waals surface area contributed by atoms with Crippen LogP contribution in [-0.2, 0) is 10.0 Å². The predicted molar refractivity (Wildman–Crippen MR) is 142 cm³/mol. The summed E-state index contributed by atoms with van der Waals surface area (Å²) in [6.45, 7) is 3.50. The highest BCUT2D eigenvalue weighted by Crippen LogP contribution is 2.34. The van der Waals surface area contributed by atoms with Crippen LogP contribution in [0.15, 0.2) is 47.6 Å². The fourth-order valence-electron chi connectivity index (χ4n) is 4.86. The summed E-state index contributed by atoms with van der Waals surface area (Å²) in [6, 6.07) is 7.26. The van der Waals surface area contributed by atoms with Crippen LogP contribution in [0.4, 0.5) is 0 Å². The molecule has 1 aromatic heterocycles. The number of fused-ring (bicyclic) bond motifs is 1. The summed E-state index contributed by atoms with van der Waals surface area (Å²) in [5.41, 5.74) is -0.0198. The first-order valence-corrected chi connectivity index (χ1v) is 14.3. The lowest BCUT2D eigenvalue weighted by Gasteiger charge is -2.37. The number of pyridine rings is 1. The van der Waals surface area contributed by atoms with Crippen molar-refractivity contribution < 1.29 is 28.2 Å². The number of nitrogens with zero attached hydrogens (tertiary/aromatic N) is 3. The van der Waals surface area contributed by atoms with Gasteiger partial charge in [-0.2, -0.15) is 4.31 Å². The number of likely N-dealkylation sites (N-methyl/N-ethyl adjacent to an activating group) is 1. The topological polar surface area (TPSA) is 120 Å². The minimum absolute atomic E-state index is 0.0251. The highest BCUT2D eigenvalue weighted by Gasteiger charge is 2.38. The Morgan fingerprint density at radius 2 is 1.95 bits per heavy atom. The molecule has 1 fully saturated rings. The van der Waals surface area contributed by atoms with Gasteiger partial charge < -0.3 is 19.8 Å². The lowest BCUT2D eigenvalue weighted by Crippen LogP contribution is -2.50. The molecule has 9 nitrogen and oxygen atoms in total. The molecule has 1 aliphatic carbocycles. The van der Waals surface area contributed by atoms with Crippen LogP contribution in [0.25, 0.3) is 0 Å². The molecule has 0 radical (unpaired) electrons. The summed E-state index contributed by atoms with van der Waals surface area (Å²) in [7, 11) is -2.32. The maximum atomic E-state index is 13.7. The molecule has 1 aromatic carbocycles. The number of carbonyl (C=O) groups excluding carboxylic acids is 1. The van der Waals surface area contributed by atoms with Crippen molar-refractivity contribution in [2.75, 3.05) is 26.7 Å². The number of hydrogen-bond donors (Lipinski definition) is 2. The number of aliphatic hydroxyl groups excluding tert-OH is 1. The van der Waals surface area contributed by atoms with Crippen molar-refractivity contribution in [1.29, 1.82) is 0 Å². The van der Waals surface area contributed by atoms with E-state index in [1.165, 1.54) is 10.4 Å². The van der Waals surface area contributed by atoms with E-state index in [0.29, 0.717) is 24.0 Å². The largest absolute Gasteiger partial charge is 0.487 e. The number of aliphatic hydroxyl groups is 2. The number of benzene rings is 1. The van der Waals surface area contributed by atoms with Gasteiger partial charge in [-0.05, 0) is 62.9 Å². The van der Waals surface area contributed by atoms with Gasteiger partial charge in [0.15, 0.2) is 0 Å². The molecule has 1 saturated carbocycles. The molecule has 0 bridgehead atoms. The molecule has 1 amide bonds. The van der Waals surface area contributed by atoms with Gasteiger partial charge in [0.1, 0.15) is 22.4 Å². The molecule has 0 unspecified atom stereocenters. The summed E-state index contributed by atoms with van der Waals surface area (Å²) in [5, 5.41) is 20.5. The average molecular weight is 542 g/mol. The highest BCUT2D eigenvalue weighted by atomic mass is 32.2. The average Bonchev–Trinajstić information content (AvgIpc) is 3.35. The van der Waals surface area contributed by atoms with Gasteiger partial charge in [-0.15, -0.1) is 0 Å². The normalized spacial score (nSPS) is 23.1. The minimum atomic E-state index is -3.99. The van der Waals surface area contributed by atoms with Crippen LogP contribution < -0.4 is 4.74 Å². The van der Waals surface area contributed by atoms with Crippen molar-refractivity contribution in [3.05, 3.63) is 53.9 Å². The summed E-state index contributed by atoms with van der Waals surface area (Å²) < 4.78 is 35.0. The van der Waals surface area contributed by atoms with E-state index in [0.717, 1.165) is 12.8 Å². The van der Waals surface area contributed by atoms with Crippen LogP contribution >= 0.6 is 0 Å². The molecule has 10 heteroatoms. The van der Waals surface area contributed by atoms with E-state index in [2.05, 4.69) is 16.8 Å². The molecule has 2 aliphatic rings. The molecule has 1 aliphatic heterocycles. The molecule has 204 valence electrons. The van der Waals surface area contributed by atoms with Gasteiger partial charge >= 0.3 is 0 Å². The zero-order valence-electron chi connectivity index (χ0n) is 22.0. The summed E-state index contributed by atoms with van der Waals surface area (Å²) >= 11 is 0. The molecule has 2 heterocycles. The van der Waals surface area contributed by atoms with Gasteiger partial charge in [0.2, 0.25) is 10.0 Å². The summed E-state index contributed by atoms with van der Waals surface area (Å²) in [5.74, 6) is 5.56. The van der Waals surface area contributed by atoms with Gasteiger partial charge in [0, 0.05) is 49.1 Å². The second-order valence-electron chi connectivity index (χ2n) is 10.3. The predicted octanol–water partition coefficient (Wildman–Crippen LogP) is 2.28. The van der Waals surface area contributed by atoms with Crippen LogP contribution in [-0.4, -0.2) is 83.2 Å². The molecule has 2 aromatic rings. The van der Waals surface area contributed by atoms with E-state index in [4.69, 9.17) is 4.74 Å². The first-order chi connectivity index (χ1) is 18.0. The zero-order valence-corrected chi connectivity index (χ0v) is 22.8. The Kier molecular flexibility index (Phi) is 8.43. The highest BCUT2D eigenvalue weighted by molar-refractivity contribution is 7.89. The van der Waals surface area contributed by atoms with Crippen molar-refractivity contribution in [2.45, 2.75) is 62.2 Å². The number of amides is 1. The van der Waals surface area contributed by atoms with Crippen LogP contribution in [0.3, 0.4) is 0 Å². The fourth-order valence-corrected chi connectivity index (χ4v) is 6.69. The number of hydrogen-bond acceptors (Lipinski definition) is 7. The number of sulfonamides is 1. The Hall–Kier alpha value is -2.97. The van der Waals surface area contributed by atoms with E-state index >= 15 is 0 Å². The van der Waals surface area contributed by atoms with Crippen molar-refractivity contribution >= 4 is 15.9 Å². The van der Waals surface area contributed by atoms with Gasteiger partial charge in [-0.1, -0.05) is 18.8 Å². The summed E-state index contributed by atoms with van der Waals surface area (Å²) in [4.78, 5) is 18.5. The number of carbonyl (C=O) groups is 1. The third-order valence-corrected chi connectivity index (χ3v) is 9.28. The van der Waals surface area contributed by atoms with E-state index in [9.17, 15) is 23.4 Å². The Morgan fingerprint density at radius 1 is 1.26 bits per heavy atom. The minimum Gasteiger partial charge on any atom is -0.487 e. The van der Waals surface area contributed by atoms with Crippen LogP contribution in [0.2, 0.25) is 0 Å². The first-order valence-electron chi connectivity index (χ1n) is 12.9. The van der Waals surface area contributed by atoms with E-state index in [-0.39, 0.29) is 42.2 Å². The van der Waals surface area contributed by atoms with E-state index in [1.54, 1.807) is 55.5 Å². The molecule has 0 spiro atoms. The quantitative estimate of drug-likeness (QED) is 0.557. The maximum Gasteiger partial charge on any atom is 0.253 e. The number of ether oxygens (including phenoxy) is 1. The smallest absolute Gasteiger partial charge is 0.253 e. The molecule has 3 atom stereocenters. The first kappa shape index (κ1) is 28.0. The Bertz CT molecular complexity index is 1320. The zero-order chi connectivity index (χ0) is 27.5. The molecular weight excluding hydrogens is 506 g/mol. The molecule has 2 N–H and O–H groups in total. The maximum absolute atomic E-state index is 13.7. The fraction of sp³-hybridized carbons (Fsp3) is 0.500. The second-order valence-corrected chi connectivity index (χ2v) is 12.2. The molecule has 38 heavy (non-hydrogen) atoms. The monoisotopic (exact) mass is 541 g/mol. The van der Waals surface area contributed by atoms with Crippen LogP contribution in [0, 0.1) is 17.8 Å². The van der Waals surface area contributed by atoms with E-state index < -0.39 is 27.8 Å². The van der Waals surface area contributed by atoms with Crippen LogP contribution in [0.5, 0.6) is 5.75 Å². The number of aromatic nitrogens is 1.